The van der Waals surface area contributed by atoms with Crippen molar-refractivity contribution in [2.24, 2.45) is 0 Å². The van der Waals surface area contributed by atoms with Crippen molar-refractivity contribution in [2.45, 2.75) is 0 Å². The number of pyridine rings is 1. The van der Waals surface area contributed by atoms with E-state index < -0.39 is 11.8 Å². The van der Waals surface area contributed by atoms with Gasteiger partial charge in [0.05, 0.1) is 6.20 Å². The average Bonchev–Trinajstić information content (AvgIpc) is 2.66. The second kappa shape index (κ2) is 3.74. The van der Waals surface area contributed by atoms with Crippen LogP contribution in [0.3, 0.4) is 0 Å². The number of thiazole rings is 1. The number of halogens is 1. The highest BCUT2D eigenvalue weighted by atomic mass is 32.1. The molecule has 0 saturated carbocycles. The van der Waals surface area contributed by atoms with Crippen molar-refractivity contribution in [3.05, 3.63) is 35.4 Å². The Kier molecular flexibility index (Phi) is 2.42. The average molecular weight is 224 g/mol. The Bertz CT molecular complexity index is 512. The first-order chi connectivity index (χ1) is 7.16. The lowest BCUT2D eigenvalue weighted by atomic mass is 10.3. The molecule has 0 aliphatic rings. The molecule has 2 aromatic rings. The van der Waals surface area contributed by atoms with Crippen LogP contribution in [0.5, 0.6) is 0 Å². The van der Waals surface area contributed by atoms with Crippen LogP contribution in [-0.2, 0) is 0 Å². The summed E-state index contributed by atoms with van der Waals surface area (Å²) < 4.78 is 12.8. The normalized spacial score (nSPS) is 10.2. The molecule has 2 rings (SSSR count). The Labute approximate surface area is 88.1 Å². The van der Waals surface area contributed by atoms with E-state index in [9.17, 15) is 9.18 Å². The third kappa shape index (κ3) is 1.99. The van der Waals surface area contributed by atoms with Crippen molar-refractivity contribution in [3.63, 3.8) is 0 Å². The number of aromatic nitrogens is 2. The fraction of sp³-hybridized carbons (Fsp3) is 0. The van der Waals surface area contributed by atoms with Gasteiger partial charge in [-0.05, 0) is 6.07 Å². The van der Waals surface area contributed by atoms with Gasteiger partial charge in [-0.3, -0.25) is 4.98 Å². The molecule has 0 unspecified atom stereocenters. The Balaban J connectivity index is 2.41. The number of carboxylic acids is 1. The quantitative estimate of drug-likeness (QED) is 0.847. The van der Waals surface area contributed by atoms with E-state index in [4.69, 9.17) is 5.11 Å². The molecule has 76 valence electrons. The molecule has 0 aliphatic heterocycles. The summed E-state index contributed by atoms with van der Waals surface area (Å²) >= 11 is 1.14. The summed E-state index contributed by atoms with van der Waals surface area (Å²) in [4.78, 5) is 18.1. The summed E-state index contributed by atoms with van der Waals surface area (Å²) in [5.74, 6) is -1.57. The minimum atomic E-state index is -1.10. The number of rotatable bonds is 2. The molecule has 0 spiro atoms. The zero-order valence-corrected chi connectivity index (χ0v) is 8.16. The molecule has 0 saturated heterocycles. The SMILES string of the molecule is O=C(O)c1csc(-c2cncc(F)c2)n1. The zero-order valence-electron chi connectivity index (χ0n) is 7.35. The van der Waals surface area contributed by atoms with Gasteiger partial charge in [-0.1, -0.05) is 0 Å². The monoisotopic (exact) mass is 224 g/mol. The molecule has 0 aromatic carbocycles. The molecule has 4 nitrogen and oxygen atoms in total. The lowest BCUT2D eigenvalue weighted by molar-refractivity contribution is 0.0691. The smallest absolute Gasteiger partial charge is 0.355 e. The van der Waals surface area contributed by atoms with Crippen molar-refractivity contribution in [1.29, 1.82) is 0 Å². The Morgan fingerprint density at radius 3 is 2.87 bits per heavy atom. The Morgan fingerprint density at radius 2 is 2.27 bits per heavy atom. The van der Waals surface area contributed by atoms with Crippen molar-refractivity contribution >= 4 is 17.3 Å². The number of hydrogen-bond donors (Lipinski definition) is 1. The van der Waals surface area contributed by atoms with Gasteiger partial charge in [0.25, 0.3) is 0 Å². The maximum atomic E-state index is 12.8. The van der Waals surface area contributed by atoms with E-state index in [-0.39, 0.29) is 5.69 Å². The van der Waals surface area contributed by atoms with Gasteiger partial charge in [-0.2, -0.15) is 0 Å². The van der Waals surface area contributed by atoms with Crippen LogP contribution in [0.25, 0.3) is 10.6 Å². The van der Waals surface area contributed by atoms with E-state index in [1.807, 2.05) is 0 Å². The first kappa shape index (κ1) is 9.72. The van der Waals surface area contributed by atoms with Crippen LogP contribution < -0.4 is 0 Å². The molecule has 0 bridgehead atoms. The lowest BCUT2D eigenvalue weighted by Crippen LogP contribution is -1.95. The van der Waals surface area contributed by atoms with Crippen molar-refractivity contribution in [1.82, 2.24) is 9.97 Å². The van der Waals surface area contributed by atoms with Gasteiger partial charge in [-0.25, -0.2) is 14.2 Å². The third-order valence-electron chi connectivity index (χ3n) is 1.68. The molecule has 0 amide bonds. The minimum absolute atomic E-state index is 0.0424. The molecular weight excluding hydrogens is 219 g/mol. The van der Waals surface area contributed by atoms with E-state index in [1.54, 1.807) is 0 Å². The van der Waals surface area contributed by atoms with Crippen LogP contribution in [0.1, 0.15) is 10.5 Å². The standard InChI is InChI=1S/C9H5FN2O2S/c10-6-1-5(2-11-3-6)8-12-7(4-15-8)9(13)14/h1-4H,(H,13,14). The number of nitrogens with zero attached hydrogens (tertiary/aromatic N) is 2. The number of carboxylic acid groups (broad SMARTS) is 1. The maximum absolute atomic E-state index is 12.8. The topological polar surface area (TPSA) is 63.1 Å². The van der Waals surface area contributed by atoms with Crippen molar-refractivity contribution in [3.8, 4) is 10.6 Å². The first-order valence-corrected chi connectivity index (χ1v) is 4.84. The maximum Gasteiger partial charge on any atom is 0.355 e. The third-order valence-corrected chi connectivity index (χ3v) is 2.57. The lowest BCUT2D eigenvalue weighted by Gasteiger charge is -1.94. The summed E-state index contributed by atoms with van der Waals surface area (Å²) in [6.45, 7) is 0. The molecule has 2 aromatic heterocycles. The highest BCUT2D eigenvalue weighted by Gasteiger charge is 2.10. The molecule has 0 fully saturated rings. The molecular formula is C9H5FN2O2S. The summed E-state index contributed by atoms with van der Waals surface area (Å²) in [5.41, 5.74) is 0.437. The fourth-order valence-electron chi connectivity index (χ4n) is 1.03. The van der Waals surface area contributed by atoms with Crippen LogP contribution >= 0.6 is 11.3 Å². The second-order valence-electron chi connectivity index (χ2n) is 2.73. The molecule has 0 aliphatic carbocycles. The van der Waals surface area contributed by atoms with E-state index in [0.717, 1.165) is 17.5 Å². The number of carbonyl (C=O) groups is 1. The van der Waals surface area contributed by atoms with Crippen LogP contribution in [0, 0.1) is 5.82 Å². The molecule has 6 heteroatoms. The molecule has 0 radical (unpaired) electrons. The Hall–Kier alpha value is -1.82. The van der Waals surface area contributed by atoms with E-state index in [2.05, 4.69) is 9.97 Å². The van der Waals surface area contributed by atoms with Gasteiger partial charge in [0.15, 0.2) is 5.69 Å². The predicted octanol–water partition coefficient (Wildman–Crippen LogP) is 2.04. The van der Waals surface area contributed by atoms with Gasteiger partial charge < -0.3 is 5.11 Å². The van der Waals surface area contributed by atoms with Crippen molar-refractivity contribution < 1.29 is 14.3 Å². The van der Waals surface area contributed by atoms with Gasteiger partial charge in [0.2, 0.25) is 0 Å². The van der Waals surface area contributed by atoms with Gasteiger partial charge in [-0.15, -0.1) is 11.3 Å². The highest BCUT2D eigenvalue weighted by Crippen LogP contribution is 2.23. The Morgan fingerprint density at radius 1 is 1.47 bits per heavy atom. The van der Waals surface area contributed by atoms with E-state index in [1.165, 1.54) is 17.6 Å². The molecule has 2 heterocycles. The molecule has 0 atom stereocenters. The minimum Gasteiger partial charge on any atom is -0.476 e. The largest absolute Gasteiger partial charge is 0.476 e. The van der Waals surface area contributed by atoms with Gasteiger partial charge >= 0.3 is 5.97 Å². The van der Waals surface area contributed by atoms with Gasteiger partial charge in [0.1, 0.15) is 10.8 Å². The highest BCUT2D eigenvalue weighted by molar-refractivity contribution is 7.13. The summed E-state index contributed by atoms with van der Waals surface area (Å²) in [6, 6.07) is 1.26. The van der Waals surface area contributed by atoms with E-state index >= 15 is 0 Å². The predicted molar refractivity (Wildman–Crippen MR) is 52.3 cm³/mol. The van der Waals surface area contributed by atoms with E-state index in [0.29, 0.717) is 10.6 Å². The molecule has 1 N–H and O–H groups in total. The van der Waals surface area contributed by atoms with Crippen LogP contribution in [0.4, 0.5) is 4.39 Å². The second-order valence-corrected chi connectivity index (χ2v) is 3.59. The molecule has 15 heavy (non-hydrogen) atoms. The van der Waals surface area contributed by atoms with Crippen LogP contribution in [-0.4, -0.2) is 21.0 Å². The van der Waals surface area contributed by atoms with Gasteiger partial charge in [0, 0.05) is 17.1 Å². The first-order valence-electron chi connectivity index (χ1n) is 3.96. The number of hydrogen-bond acceptors (Lipinski definition) is 4. The zero-order chi connectivity index (χ0) is 10.8. The summed E-state index contributed by atoms with van der Waals surface area (Å²) in [7, 11) is 0. The summed E-state index contributed by atoms with van der Waals surface area (Å²) in [5, 5.41) is 10.5. The van der Waals surface area contributed by atoms with Crippen LogP contribution in [0.2, 0.25) is 0 Å². The summed E-state index contributed by atoms with van der Waals surface area (Å²) in [6.07, 6.45) is 2.52. The van der Waals surface area contributed by atoms with Crippen molar-refractivity contribution in [2.75, 3.05) is 0 Å². The fourth-order valence-corrected chi connectivity index (χ4v) is 1.81. The number of aromatic carboxylic acids is 1. The van der Waals surface area contributed by atoms with Crippen LogP contribution in [0.15, 0.2) is 23.8 Å².